The Morgan fingerprint density at radius 3 is 2.42 bits per heavy atom. The van der Waals surface area contributed by atoms with E-state index in [1.54, 1.807) is 0 Å². The van der Waals surface area contributed by atoms with Crippen LogP contribution in [0.2, 0.25) is 0 Å². The third kappa shape index (κ3) is 4.17. The Morgan fingerprint density at radius 1 is 1.17 bits per heavy atom. The Balaban J connectivity index is 2.19. The number of hydrogen-bond acceptors (Lipinski definition) is 4. The minimum absolute atomic E-state index is 0.126. The Morgan fingerprint density at radius 2 is 1.83 bits per heavy atom. The van der Waals surface area contributed by atoms with Crippen LogP contribution < -0.4 is 0 Å². The molecular formula is C18H26N4OS. The van der Waals surface area contributed by atoms with Gasteiger partial charge < -0.3 is 4.90 Å². The molecule has 1 aromatic carbocycles. The van der Waals surface area contributed by atoms with Crippen LogP contribution in [-0.2, 0) is 4.79 Å². The number of rotatable bonds is 6. The summed E-state index contributed by atoms with van der Waals surface area (Å²) in [7, 11) is 0. The van der Waals surface area contributed by atoms with E-state index < -0.39 is 0 Å². The second-order valence-electron chi connectivity index (χ2n) is 6.48. The van der Waals surface area contributed by atoms with Crippen molar-refractivity contribution in [3.8, 4) is 5.69 Å². The molecule has 2 rings (SSSR count). The molecular weight excluding hydrogens is 320 g/mol. The Labute approximate surface area is 148 Å². The molecule has 0 radical (unpaired) electrons. The number of amides is 1. The lowest BCUT2D eigenvalue weighted by molar-refractivity contribution is -0.131. The zero-order valence-electron chi connectivity index (χ0n) is 15.3. The van der Waals surface area contributed by atoms with E-state index in [0.717, 1.165) is 16.7 Å². The van der Waals surface area contributed by atoms with Gasteiger partial charge in [-0.15, -0.1) is 10.2 Å². The maximum atomic E-state index is 12.6. The highest BCUT2D eigenvalue weighted by atomic mass is 32.2. The molecule has 1 amide bonds. The van der Waals surface area contributed by atoms with E-state index in [1.165, 1.54) is 17.3 Å². The standard InChI is InChI=1S/C18H26N4OS/c1-12(2)21(13(3)4)17(23)11-24-18-20-19-15(6)22(18)16-9-7-8-14(5)10-16/h7-10,12-13H,11H2,1-6H3. The van der Waals surface area contributed by atoms with Crippen molar-refractivity contribution in [3.63, 3.8) is 0 Å². The molecule has 130 valence electrons. The highest BCUT2D eigenvalue weighted by molar-refractivity contribution is 7.99. The topological polar surface area (TPSA) is 51.0 Å². The third-order valence-electron chi connectivity index (χ3n) is 3.78. The molecule has 1 heterocycles. The van der Waals surface area contributed by atoms with Crippen LogP contribution in [0.4, 0.5) is 0 Å². The van der Waals surface area contributed by atoms with Gasteiger partial charge in [0.05, 0.1) is 5.75 Å². The summed E-state index contributed by atoms with van der Waals surface area (Å²) in [6, 6.07) is 8.58. The minimum Gasteiger partial charge on any atom is -0.337 e. The number of hydrogen-bond donors (Lipinski definition) is 0. The summed E-state index contributed by atoms with van der Waals surface area (Å²) in [5.74, 6) is 1.31. The predicted octanol–water partition coefficient (Wildman–Crippen LogP) is 3.62. The quantitative estimate of drug-likeness (QED) is 0.750. The van der Waals surface area contributed by atoms with Gasteiger partial charge in [0.25, 0.3) is 0 Å². The first-order chi connectivity index (χ1) is 11.3. The predicted molar refractivity (Wildman–Crippen MR) is 98.7 cm³/mol. The first kappa shape index (κ1) is 18.5. The zero-order chi connectivity index (χ0) is 17.9. The summed E-state index contributed by atoms with van der Waals surface area (Å²) in [6.07, 6.45) is 0. The number of nitrogens with zero attached hydrogens (tertiary/aromatic N) is 4. The number of aryl methyl sites for hydroxylation is 2. The van der Waals surface area contributed by atoms with Crippen molar-refractivity contribution in [2.75, 3.05) is 5.75 Å². The van der Waals surface area contributed by atoms with Crippen molar-refractivity contribution >= 4 is 17.7 Å². The molecule has 0 fully saturated rings. The van der Waals surface area contributed by atoms with Crippen LogP contribution in [-0.4, -0.2) is 43.4 Å². The fourth-order valence-electron chi connectivity index (χ4n) is 2.87. The molecule has 2 aromatic rings. The molecule has 0 aliphatic rings. The van der Waals surface area contributed by atoms with Crippen molar-refractivity contribution in [1.82, 2.24) is 19.7 Å². The number of carbonyl (C=O) groups is 1. The van der Waals surface area contributed by atoms with Crippen LogP contribution in [0.3, 0.4) is 0 Å². The fraction of sp³-hybridized carbons (Fsp3) is 0.500. The molecule has 0 aliphatic heterocycles. The SMILES string of the molecule is Cc1cccc(-n2c(C)nnc2SCC(=O)N(C(C)C)C(C)C)c1. The lowest BCUT2D eigenvalue weighted by Crippen LogP contribution is -2.43. The van der Waals surface area contributed by atoms with Crippen LogP contribution in [0.15, 0.2) is 29.4 Å². The van der Waals surface area contributed by atoms with Crippen LogP contribution in [0.5, 0.6) is 0 Å². The summed E-state index contributed by atoms with van der Waals surface area (Å²) < 4.78 is 2.00. The van der Waals surface area contributed by atoms with E-state index in [0.29, 0.717) is 5.75 Å². The molecule has 0 atom stereocenters. The Bertz CT molecular complexity index is 701. The Kier molecular flexibility index (Phi) is 6.04. The largest absolute Gasteiger partial charge is 0.337 e. The van der Waals surface area contributed by atoms with Crippen LogP contribution in [0.1, 0.15) is 39.1 Å². The lowest BCUT2D eigenvalue weighted by Gasteiger charge is -2.30. The van der Waals surface area contributed by atoms with Gasteiger partial charge in [-0.3, -0.25) is 9.36 Å². The molecule has 0 aliphatic carbocycles. The van der Waals surface area contributed by atoms with Gasteiger partial charge in [0.1, 0.15) is 5.82 Å². The first-order valence-electron chi connectivity index (χ1n) is 8.24. The Hall–Kier alpha value is -1.82. The van der Waals surface area contributed by atoms with Crippen LogP contribution >= 0.6 is 11.8 Å². The fourth-order valence-corrected chi connectivity index (χ4v) is 3.74. The number of benzene rings is 1. The monoisotopic (exact) mass is 346 g/mol. The van der Waals surface area contributed by atoms with Crippen LogP contribution in [0, 0.1) is 13.8 Å². The molecule has 24 heavy (non-hydrogen) atoms. The van der Waals surface area contributed by atoms with Crippen molar-refractivity contribution < 1.29 is 4.79 Å². The van der Waals surface area contributed by atoms with Gasteiger partial charge in [0.2, 0.25) is 5.91 Å². The maximum Gasteiger partial charge on any atom is 0.233 e. The minimum atomic E-state index is 0.126. The van der Waals surface area contributed by atoms with Gasteiger partial charge in [0.15, 0.2) is 5.16 Å². The highest BCUT2D eigenvalue weighted by Gasteiger charge is 2.21. The van der Waals surface area contributed by atoms with E-state index >= 15 is 0 Å². The van der Waals surface area contributed by atoms with Gasteiger partial charge in [-0.1, -0.05) is 23.9 Å². The molecule has 0 N–H and O–H groups in total. The van der Waals surface area contributed by atoms with E-state index in [9.17, 15) is 4.79 Å². The van der Waals surface area contributed by atoms with Crippen LogP contribution in [0.25, 0.3) is 5.69 Å². The van der Waals surface area contributed by atoms with E-state index in [-0.39, 0.29) is 18.0 Å². The number of aromatic nitrogens is 3. The highest BCUT2D eigenvalue weighted by Crippen LogP contribution is 2.23. The van der Waals surface area contributed by atoms with Crippen molar-refractivity contribution in [2.24, 2.45) is 0 Å². The lowest BCUT2D eigenvalue weighted by atomic mass is 10.2. The molecule has 0 spiro atoms. The van der Waals surface area contributed by atoms with E-state index in [1.807, 2.05) is 56.2 Å². The molecule has 1 aromatic heterocycles. The molecule has 0 saturated carbocycles. The van der Waals surface area contributed by atoms with Gasteiger partial charge in [0, 0.05) is 17.8 Å². The second-order valence-corrected chi connectivity index (χ2v) is 7.42. The molecule has 0 unspecified atom stereocenters. The first-order valence-corrected chi connectivity index (χ1v) is 9.22. The van der Waals surface area contributed by atoms with Crippen molar-refractivity contribution in [1.29, 1.82) is 0 Å². The van der Waals surface area contributed by atoms with Crippen molar-refractivity contribution in [3.05, 3.63) is 35.7 Å². The molecule has 0 bridgehead atoms. The summed E-state index contributed by atoms with van der Waals surface area (Å²) in [4.78, 5) is 14.5. The summed E-state index contributed by atoms with van der Waals surface area (Å²) in [5.41, 5.74) is 2.20. The average Bonchev–Trinajstić information content (AvgIpc) is 2.85. The summed E-state index contributed by atoms with van der Waals surface area (Å²) in [6.45, 7) is 12.2. The van der Waals surface area contributed by atoms with Gasteiger partial charge in [-0.2, -0.15) is 0 Å². The van der Waals surface area contributed by atoms with E-state index in [4.69, 9.17) is 0 Å². The summed E-state index contributed by atoms with van der Waals surface area (Å²) in [5, 5.41) is 9.18. The average molecular weight is 347 g/mol. The molecule has 0 saturated heterocycles. The normalized spacial score (nSPS) is 11.3. The molecule has 6 heteroatoms. The van der Waals surface area contributed by atoms with Crippen molar-refractivity contribution in [2.45, 2.75) is 58.8 Å². The van der Waals surface area contributed by atoms with Gasteiger partial charge in [-0.25, -0.2) is 0 Å². The van der Waals surface area contributed by atoms with E-state index in [2.05, 4.69) is 29.3 Å². The molecule has 5 nitrogen and oxygen atoms in total. The van der Waals surface area contributed by atoms with Gasteiger partial charge >= 0.3 is 0 Å². The van der Waals surface area contributed by atoms with Gasteiger partial charge in [-0.05, 0) is 59.2 Å². The number of thioether (sulfide) groups is 1. The summed E-state index contributed by atoms with van der Waals surface area (Å²) >= 11 is 1.44. The smallest absolute Gasteiger partial charge is 0.233 e. The second kappa shape index (κ2) is 7.83. The number of carbonyl (C=O) groups excluding carboxylic acids is 1. The third-order valence-corrected chi connectivity index (χ3v) is 4.69. The zero-order valence-corrected chi connectivity index (χ0v) is 16.1. The maximum absolute atomic E-state index is 12.6.